The van der Waals surface area contributed by atoms with Gasteiger partial charge < -0.3 is 10.2 Å². The number of hydrogen-bond acceptors (Lipinski definition) is 5. The number of nitrogen functional groups attached to an aromatic ring is 1. The van der Waals surface area contributed by atoms with Crippen LogP contribution in [0.2, 0.25) is 0 Å². The molecule has 0 aliphatic carbocycles. The maximum absolute atomic E-state index is 5.93. The summed E-state index contributed by atoms with van der Waals surface area (Å²) in [6.45, 7) is 5.84. The zero-order valence-electron chi connectivity index (χ0n) is 15.7. The van der Waals surface area contributed by atoms with Gasteiger partial charge in [0, 0.05) is 44.0 Å². The summed E-state index contributed by atoms with van der Waals surface area (Å²) in [4.78, 5) is 9.32. The number of oxazole rings is 1. The molecule has 1 fully saturated rings. The minimum Gasteiger partial charge on any atom is -0.439 e. The van der Waals surface area contributed by atoms with E-state index in [-0.39, 0.29) is 24.8 Å². The Balaban J connectivity index is 0.00000140. The largest absolute Gasteiger partial charge is 0.439 e. The van der Waals surface area contributed by atoms with E-state index in [9.17, 15) is 0 Å². The number of nitrogens with zero attached hydrogens (tertiary/aromatic N) is 3. The van der Waals surface area contributed by atoms with Gasteiger partial charge in [-0.2, -0.15) is 0 Å². The van der Waals surface area contributed by atoms with Crippen LogP contribution in [-0.4, -0.2) is 41.0 Å². The third-order valence-electron chi connectivity index (χ3n) is 4.79. The number of piperazine rings is 1. The Labute approximate surface area is 178 Å². The molecule has 0 radical (unpaired) electrons. The second kappa shape index (κ2) is 10.5. The molecule has 2 heterocycles. The minimum atomic E-state index is 0. The molecule has 1 saturated heterocycles. The van der Waals surface area contributed by atoms with Gasteiger partial charge in [0.15, 0.2) is 5.76 Å². The second-order valence-electron chi connectivity index (χ2n) is 6.78. The van der Waals surface area contributed by atoms with Gasteiger partial charge in [-0.25, -0.2) is 4.98 Å². The number of halogens is 2. The Hall–Kier alpha value is -2.05. The van der Waals surface area contributed by atoms with Crippen LogP contribution in [0.1, 0.15) is 11.5 Å². The van der Waals surface area contributed by atoms with Crippen molar-refractivity contribution in [1.82, 2.24) is 14.8 Å². The van der Waals surface area contributed by atoms with Crippen LogP contribution in [0.4, 0.5) is 5.69 Å². The number of aromatic nitrogens is 1. The summed E-state index contributed by atoms with van der Waals surface area (Å²) < 4.78 is 5.93. The molecule has 0 saturated carbocycles. The molecule has 2 N–H and O–H groups in total. The number of hydrogen-bond donors (Lipinski definition) is 1. The van der Waals surface area contributed by atoms with Crippen LogP contribution in [0.3, 0.4) is 0 Å². The third-order valence-corrected chi connectivity index (χ3v) is 4.79. The fraction of sp³-hybridized carbons (Fsp3) is 0.286. The molecule has 3 aromatic rings. The van der Waals surface area contributed by atoms with Gasteiger partial charge in [0.05, 0.1) is 12.7 Å². The molecule has 0 unspecified atom stereocenters. The van der Waals surface area contributed by atoms with Crippen LogP contribution < -0.4 is 5.73 Å². The fourth-order valence-corrected chi connectivity index (χ4v) is 3.37. The fourth-order valence-electron chi connectivity index (χ4n) is 3.37. The molecule has 7 heteroatoms. The van der Waals surface area contributed by atoms with Crippen molar-refractivity contribution in [3.63, 3.8) is 0 Å². The lowest BCUT2D eigenvalue weighted by Crippen LogP contribution is -2.45. The average molecular weight is 421 g/mol. The molecule has 0 atom stereocenters. The van der Waals surface area contributed by atoms with Crippen molar-refractivity contribution in [3.8, 4) is 11.3 Å². The van der Waals surface area contributed by atoms with Gasteiger partial charge in [0.25, 0.3) is 0 Å². The van der Waals surface area contributed by atoms with Crippen LogP contribution in [0.5, 0.6) is 0 Å². The van der Waals surface area contributed by atoms with E-state index in [2.05, 4.69) is 26.9 Å². The molecule has 150 valence electrons. The lowest BCUT2D eigenvalue weighted by molar-refractivity contribution is 0.114. The van der Waals surface area contributed by atoms with E-state index in [0.29, 0.717) is 0 Å². The summed E-state index contributed by atoms with van der Waals surface area (Å²) in [7, 11) is 0. The first-order valence-electron chi connectivity index (χ1n) is 9.05. The van der Waals surface area contributed by atoms with Crippen LogP contribution in [0.25, 0.3) is 11.3 Å². The van der Waals surface area contributed by atoms with Crippen molar-refractivity contribution in [2.45, 2.75) is 13.1 Å². The van der Waals surface area contributed by atoms with E-state index in [4.69, 9.17) is 10.2 Å². The normalized spacial score (nSPS) is 14.9. The first-order chi connectivity index (χ1) is 12.8. The molecule has 0 spiro atoms. The van der Waals surface area contributed by atoms with Gasteiger partial charge in [-0.05, 0) is 17.7 Å². The lowest BCUT2D eigenvalue weighted by atomic mass is 10.2. The number of benzene rings is 2. The molecular weight excluding hydrogens is 395 g/mol. The molecule has 5 nitrogen and oxygen atoms in total. The van der Waals surface area contributed by atoms with Crippen LogP contribution in [-0.2, 0) is 13.1 Å². The summed E-state index contributed by atoms with van der Waals surface area (Å²) in [6.07, 6.45) is 1.82. The Kier molecular flexibility index (Phi) is 8.33. The van der Waals surface area contributed by atoms with Crippen molar-refractivity contribution in [3.05, 3.63) is 72.2 Å². The van der Waals surface area contributed by atoms with Crippen molar-refractivity contribution in [2.75, 3.05) is 31.9 Å². The standard InChI is InChI=1S/C21H24N4O.2ClH/c22-19-8-4-5-17(13-19)15-24-9-11-25(12-10-24)16-21-23-14-20(26-21)18-6-2-1-3-7-18;;/h1-8,13-14H,9-12,15-16,22H2;2*1H. The van der Waals surface area contributed by atoms with Crippen LogP contribution in [0, 0.1) is 0 Å². The van der Waals surface area contributed by atoms with Gasteiger partial charge in [-0.15, -0.1) is 24.8 Å². The summed E-state index contributed by atoms with van der Waals surface area (Å²) in [6, 6.07) is 18.3. The molecule has 0 amide bonds. The molecule has 1 aliphatic heterocycles. The van der Waals surface area contributed by atoms with Crippen LogP contribution in [0.15, 0.2) is 65.2 Å². The number of rotatable bonds is 5. The Morgan fingerprint density at radius 1 is 0.857 bits per heavy atom. The average Bonchev–Trinajstić information content (AvgIpc) is 3.13. The highest BCUT2D eigenvalue weighted by Crippen LogP contribution is 2.21. The number of nitrogens with two attached hydrogens (primary N) is 1. The first-order valence-corrected chi connectivity index (χ1v) is 9.05. The highest BCUT2D eigenvalue weighted by Gasteiger charge is 2.19. The van der Waals surface area contributed by atoms with Crippen molar-refractivity contribution in [1.29, 1.82) is 0 Å². The van der Waals surface area contributed by atoms with Gasteiger partial charge in [-0.3, -0.25) is 9.80 Å². The van der Waals surface area contributed by atoms with Crippen LogP contribution >= 0.6 is 24.8 Å². The van der Waals surface area contributed by atoms with Crippen molar-refractivity contribution >= 4 is 30.5 Å². The molecule has 4 rings (SSSR count). The van der Waals surface area contributed by atoms with E-state index < -0.39 is 0 Å². The van der Waals surface area contributed by atoms with E-state index >= 15 is 0 Å². The van der Waals surface area contributed by atoms with Gasteiger partial charge in [0.2, 0.25) is 5.89 Å². The molecule has 1 aliphatic rings. The van der Waals surface area contributed by atoms with E-state index in [0.717, 1.165) is 62.2 Å². The monoisotopic (exact) mass is 420 g/mol. The quantitative estimate of drug-likeness (QED) is 0.629. The smallest absolute Gasteiger partial charge is 0.209 e. The van der Waals surface area contributed by atoms with E-state index in [1.54, 1.807) is 0 Å². The molecular formula is C21H26Cl2N4O. The SMILES string of the molecule is Cl.Cl.Nc1cccc(CN2CCN(Cc3ncc(-c4ccccc4)o3)CC2)c1. The third kappa shape index (κ3) is 5.72. The number of anilines is 1. The zero-order valence-corrected chi connectivity index (χ0v) is 17.3. The Morgan fingerprint density at radius 3 is 2.21 bits per heavy atom. The van der Waals surface area contributed by atoms with Gasteiger partial charge >= 0.3 is 0 Å². The maximum atomic E-state index is 5.93. The maximum Gasteiger partial charge on any atom is 0.209 e. The molecule has 2 aromatic carbocycles. The lowest BCUT2D eigenvalue weighted by Gasteiger charge is -2.34. The first kappa shape index (κ1) is 22.2. The molecule has 1 aromatic heterocycles. The van der Waals surface area contributed by atoms with Crippen molar-refractivity contribution < 1.29 is 4.42 Å². The predicted molar refractivity (Wildman–Crippen MR) is 118 cm³/mol. The second-order valence-corrected chi connectivity index (χ2v) is 6.78. The van der Waals surface area contributed by atoms with Gasteiger partial charge in [0.1, 0.15) is 0 Å². The minimum absolute atomic E-state index is 0. The summed E-state index contributed by atoms with van der Waals surface area (Å²) in [5.41, 5.74) is 9.05. The molecule has 0 bridgehead atoms. The summed E-state index contributed by atoms with van der Waals surface area (Å²) in [5, 5.41) is 0. The molecule has 28 heavy (non-hydrogen) atoms. The highest BCUT2D eigenvalue weighted by atomic mass is 35.5. The topological polar surface area (TPSA) is 58.5 Å². The Bertz CT molecular complexity index is 848. The van der Waals surface area contributed by atoms with Crippen molar-refractivity contribution in [2.24, 2.45) is 0 Å². The summed E-state index contributed by atoms with van der Waals surface area (Å²) in [5.74, 6) is 1.62. The Morgan fingerprint density at radius 2 is 1.54 bits per heavy atom. The van der Waals surface area contributed by atoms with Gasteiger partial charge in [-0.1, -0.05) is 42.5 Å². The predicted octanol–water partition coefficient (Wildman–Crippen LogP) is 4.09. The highest BCUT2D eigenvalue weighted by molar-refractivity contribution is 5.85. The van der Waals surface area contributed by atoms with E-state index in [1.165, 1.54) is 5.56 Å². The van der Waals surface area contributed by atoms with E-state index in [1.807, 2.05) is 48.7 Å². The zero-order chi connectivity index (χ0) is 17.8. The summed E-state index contributed by atoms with van der Waals surface area (Å²) >= 11 is 0.